The van der Waals surface area contributed by atoms with Crippen molar-refractivity contribution in [2.45, 2.75) is 19.3 Å². The Balaban J connectivity index is 1.87. The summed E-state index contributed by atoms with van der Waals surface area (Å²) in [4.78, 5) is 24.4. The molecule has 0 radical (unpaired) electrons. The summed E-state index contributed by atoms with van der Waals surface area (Å²) in [6.45, 7) is 0.560. The fraction of sp³-hybridized carbons (Fsp3) is 0.500. The minimum Gasteiger partial charge on any atom is -0.330 e. The minimum atomic E-state index is -0.0718. The van der Waals surface area contributed by atoms with Crippen molar-refractivity contribution in [3.05, 3.63) is 28.7 Å². The SMILES string of the molecule is Cn1c(=O)n(C)c2cc(NC(=O)[C@@H]3CCC[C@@H]3CN)ccc21. The van der Waals surface area contributed by atoms with Gasteiger partial charge in [0.2, 0.25) is 5.91 Å². The summed E-state index contributed by atoms with van der Waals surface area (Å²) in [6, 6.07) is 5.55. The number of nitrogens with one attached hydrogen (secondary N) is 1. The van der Waals surface area contributed by atoms with Crippen molar-refractivity contribution in [3.8, 4) is 0 Å². The van der Waals surface area contributed by atoms with Crippen molar-refractivity contribution in [2.75, 3.05) is 11.9 Å². The molecule has 1 aliphatic rings. The van der Waals surface area contributed by atoms with E-state index in [9.17, 15) is 9.59 Å². The number of carbonyl (C=O) groups excluding carboxylic acids is 1. The van der Waals surface area contributed by atoms with Crippen LogP contribution in [-0.2, 0) is 18.9 Å². The van der Waals surface area contributed by atoms with E-state index in [0.717, 1.165) is 36.0 Å². The first-order valence-corrected chi connectivity index (χ1v) is 7.69. The van der Waals surface area contributed by atoms with Crippen LogP contribution in [0.15, 0.2) is 23.0 Å². The van der Waals surface area contributed by atoms with E-state index < -0.39 is 0 Å². The second-order valence-electron chi connectivity index (χ2n) is 6.13. The zero-order valence-electron chi connectivity index (χ0n) is 13.0. The van der Waals surface area contributed by atoms with Gasteiger partial charge in [0, 0.05) is 25.7 Å². The number of imidazole rings is 1. The number of amides is 1. The quantitative estimate of drug-likeness (QED) is 0.893. The number of rotatable bonds is 3. The molecule has 0 unspecified atom stereocenters. The molecule has 3 N–H and O–H groups in total. The van der Waals surface area contributed by atoms with E-state index in [0.29, 0.717) is 6.54 Å². The molecule has 1 saturated carbocycles. The summed E-state index contributed by atoms with van der Waals surface area (Å²) in [6.07, 6.45) is 2.99. The van der Waals surface area contributed by atoms with Gasteiger partial charge in [0.1, 0.15) is 0 Å². The Hall–Kier alpha value is -2.08. The molecule has 3 rings (SSSR count). The molecule has 0 saturated heterocycles. The normalized spacial score (nSPS) is 21.4. The summed E-state index contributed by atoms with van der Waals surface area (Å²) < 4.78 is 3.19. The van der Waals surface area contributed by atoms with Gasteiger partial charge in [0.25, 0.3) is 0 Å². The van der Waals surface area contributed by atoms with Crippen LogP contribution in [0.5, 0.6) is 0 Å². The standard InChI is InChI=1S/C16H22N4O2/c1-19-13-7-6-11(8-14(13)20(2)16(19)22)18-15(21)12-5-3-4-10(12)9-17/h6-8,10,12H,3-5,9,17H2,1-2H3,(H,18,21)/t10-,12-/m1/s1. The van der Waals surface area contributed by atoms with Gasteiger partial charge in [-0.3, -0.25) is 13.9 Å². The average molecular weight is 302 g/mol. The third kappa shape index (κ3) is 2.33. The number of anilines is 1. The van der Waals surface area contributed by atoms with Crippen molar-refractivity contribution in [1.82, 2.24) is 9.13 Å². The Kier molecular flexibility index (Phi) is 3.78. The van der Waals surface area contributed by atoms with Gasteiger partial charge in [-0.15, -0.1) is 0 Å². The number of nitrogens with two attached hydrogens (primary N) is 1. The Morgan fingerprint density at radius 1 is 1.27 bits per heavy atom. The second kappa shape index (κ2) is 5.61. The number of benzene rings is 1. The number of nitrogens with zero attached hydrogens (tertiary/aromatic N) is 2. The number of hydrogen-bond acceptors (Lipinski definition) is 3. The van der Waals surface area contributed by atoms with Gasteiger partial charge in [0.15, 0.2) is 0 Å². The number of aromatic nitrogens is 2. The first-order chi connectivity index (χ1) is 10.5. The lowest BCUT2D eigenvalue weighted by atomic mass is 9.95. The van der Waals surface area contributed by atoms with Crippen molar-refractivity contribution in [3.63, 3.8) is 0 Å². The van der Waals surface area contributed by atoms with Crippen LogP contribution in [0.3, 0.4) is 0 Å². The molecule has 2 aromatic rings. The van der Waals surface area contributed by atoms with Crippen molar-refractivity contribution in [1.29, 1.82) is 0 Å². The van der Waals surface area contributed by atoms with E-state index in [1.54, 1.807) is 23.2 Å². The Labute approximate surface area is 128 Å². The molecule has 118 valence electrons. The molecule has 0 spiro atoms. The smallest absolute Gasteiger partial charge is 0.328 e. The topological polar surface area (TPSA) is 82.0 Å². The van der Waals surface area contributed by atoms with E-state index in [1.165, 1.54) is 0 Å². The number of carbonyl (C=O) groups is 1. The maximum atomic E-state index is 12.4. The highest BCUT2D eigenvalue weighted by Gasteiger charge is 2.31. The lowest BCUT2D eigenvalue weighted by Gasteiger charge is -2.17. The van der Waals surface area contributed by atoms with Crippen LogP contribution in [0.25, 0.3) is 11.0 Å². The molecule has 1 aliphatic carbocycles. The fourth-order valence-electron chi connectivity index (χ4n) is 3.48. The van der Waals surface area contributed by atoms with Crippen LogP contribution in [0.4, 0.5) is 5.69 Å². The third-order valence-electron chi connectivity index (χ3n) is 4.84. The van der Waals surface area contributed by atoms with E-state index in [2.05, 4.69) is 5.32 Å². The molecule has 2 atom stereocenters. The predicted octanol–water partition coefficient (Wildman–Crippen LogP) is 1.19. The molecule has 22 heavy (non-hydrogen) atoms. The van der Waals surface area contributed by atoms with Crippen LogP contribution in [-0.4, -0.2) is 21.6 Å². The van der Waals surface area contributed by atoms with E-state index >= 15 is 0 Å². The average Bonchev–Trinajstić information content (AvgIpc) is 3.08. The maximum Gasteiger partial charge on any atom is 0.328 e. The monoisotopic (exact) mass is 302 g/mol. The molecule has 6 nitrogen and oxygen atoms in total. The molecule has 0 aliphatic heterocycles. The van der Waals surface area contributed by atoms with Crippen molar-refractivity contribution >= 4 is 22.6 Å². The minimum absolute atomic E-state index is 0.000268. The van der Waals surface area contributed by atoms with Gasteiger partial charge in [-0.2, -0.15) is 0 Å². The Morgan fingerprint density at radius 2 is 2.00 bits per heavy atom. The Morgan fingerprint density at radius 3 is 2.73 bits per heavy atom. The fourth-order valence-corrected chi connectivity index (χ4v) is 3.48. The highest BCUT2D eigenvalue weighted by Crippen LogP contribution is 2.32. The third-order valence-corrected chi connectivity index (χ3v) is 4.84. The molecular weight excluding hydrogens is 280 g/mol. The zero-order valence-corrected chi connectivity index (χ0v) is 13.0. The number of hydrogen-bond donors (Lipinski definition) is 2. The molecule has 6 heteroatoms. The van der Waals surface area contributed by atoms with Crippen LogP contribution >= 0.6 is 0 Å². The zero-order chi connectivity index (χ0) is 15.9. The van der Waals surface area contributed by atoms with Gasteiger partial charge in [-0.05, 0) is 43.5 Å². The van der Waals surface area contributed by atoms with E-state index in [4.69, 9.17) is 5.73 Å². The second-order valence-corrected chi connectivity index (χ2v) is 6.13. The van der Waals surface area contributed by atoms with Gasteiger partial charge in [0.05, 0.1) is 11.0 Å². The summed E-state index contributed by atoms with van der Waals surface area (Å²) in [5, 5.41) is 2.98. The van der Waals surface area contributed by atoms with E-state index in [-0.39, 0.29) is 23.4 Å². The lowest BCUT2D eigenvalue weighted by molar-refractivity contribution is -0.120. The van der Waals surface area contributed by atoms with Crippen LogP contribution in [0.2, 0.25) is 0 Å². The first-order valence-electron chi connectivity index (χ1n) is 7.69. The molecule has 0 bridgehead atoms. The van der Waals surface area contributed by atoms with E-state index in [1.807, 2.05) is 18.2 Å². The lowest BCUT2D eigenvalue weighted by Crippen LogP contribution is -2.29. The molecule has 1 fully saturated rings. The predicted molar refractivity (Wildman–Crippen MR) is 86.7 cm³/mol. The molecule has 1 heterocycles. The van der Waals surface area contributed by atoms with Crippen LogP contribution in [0, 0.1) is 11.8 Å². The van der Waals surface area contributed by atoms with Gasteiger partial charge >= 0.3 is 5.69 Å². The maximum absolute atomic E-state index is 12.4. The van der Waals surface area contributed by atoms with Crippen LogP contribution < -0.4 is 16.7 Å². The van der Waals surface area contributed by atoms with Gasteiger partial charge in [-0.25, -0.2) is 4.79 Å². The highest BCUT2D eigenvalue weighted by molar-refractivity contribution is 5.95. The molecular formula is C16H22N4O2. The highest BCUT2D eigenvalue weighted by atomic mass is 16.2. The van der Waals surface area contributed by atoms with Crippen LogP contribution in [0.1, 0.15) is 19.3 Å². The first kappa shape index (κ1) is 14.8. The number of fused-ring (bicyclic) bond motifs is 1. The summed E-state index contributed by atoms with van der Waals surface area (Å²) in [7, 11) is 3.48. The largest absolute Gasteiger partial charge is 0.330 e. The molecule has 1 aromatic carbocycles. The Bertz CT molecular complexity index is 774. The summed E-state index contributed by atoms with van der Waals surface area (Å²) in [5.41, 5.74) is 8.07. The molecule has 1 amide bonds. The van der Waals surface area contributed by atoms with Gasteiger partial charge in [-0.1, -0.05) is 6.42 Å². The summed E-state index contributed by atoms with van der Waals surface area (Å²) in [5.74, 6) is 0.318. The molecule has 1 aromatic heterocycles. The number of aryl methyl sites for hydroxylation is 2. The van der Waals surface area contributed by atoms with Crippen molar-refractivity contribution < 1.29 is 4.79 Å². The van der Waals surface area contributed by atoms with Gasteiger partial charge < -0.3 is 11.1 Å². The summed E-state index contributed by atoms with van der Waals surface area (Å²) >= 11 is 0. The van der Waals surface area contributed by atoms with Crippen molar-refractivity contribution in [2.24, 2.45) is 31.7 Å².